The quantitative estimate of drug-likeness (QED) is 0.318. The molecule has 12 nitrogen and oxygen atoms in total. The van der Waals surface area contributed by atoms with Gasteiger partial charge in [0.25, 0.3) is 5.91 Å². The minimum atomic E-state index is -0.623. The largest absolute Gasteiger partial charge is 0.388 e. The number of pyridine rings is 1. The molecule has 1 aliphatic carbocycles. The lowest BCUT2D eigenvalue weighted by molar-refractivity contribution is -0.121. The molecular formula is C30H36FN7O5. The van der Waals surface area contributed by atoms with Crippen LogP contribution in [0.25, 0.3) is 44.5 Å². The predicted octanol–water partition coefficient (Wildman–Crippen LogP) is 3.57. The number of ether oxygens (including phenoxy) is 1. The first kappa shape index (κ1) is 31.3. The van der Waals surface area contributed by atoms with Crippen molar-refractivity contribution in [3.63, 3.8) is 0 Å². The number of nitrogens with one attached hydrogen (secondary N) is 1. The van der Waals surface area contributed by atoms with Crippen molar-refractivity contribution in [1.82, 2.24) is 28.9 Å². The number of likely N-dealkylation sites (N-methyl/N-ethyl adjacent to an activating group) is 1. The molecule has 2 N–H and O–H groups in total. The van der Waals surface area contributed by atoms with Crippen molar-refractivity contribution in [2.24, 2.45) is 14.1 Å². The summed E-state index contributed by atoms with van der Waals surface area (Å²) < 4.78 is 24.2. The van der Waals surface area contributed by atoms with E-state index in [0.29, 0.717) is 28.1 Å². The first-order chi connectivity index (χ1) is 20.7. The Hall–Kier alpha value is -4.62. The van der Waals surface area contributed by atoms with Crippen molar-refractivity contribution in [1.29, 1.82) is 0 Å². The van der Waals surface area contributed by atoms with Gasteiger partial charge in [0.15, 0.2) is 0 Å². The summed E-state index contributed by atoms with van der Waals surface area (Å²) in [5, 5.41) is 13.9. The van der Waals surface area contributed by atoms with Gasteiger partial charge in [-0.05, 0) is 30.5 Å². The normalized spacial score (nSPS) is 13.1. The number of hydrogen-bond donors (Lipinski definition) is 2. The van der Waals surface area contributed by atoms with Crippen molar-refractivity contribution >= 4 is 40.5 Å². The Morgan fingerprint density at radius 2 is 1.81 bits per heavy atom. The van der Waals surface area contributed by atoms with E-state index >= 15 is 4.39 Å². The molecule has 1 aliphatic rings. The molecule has 4 aromatic heterocycles. The zero-order valence-electron chi connectivity index (χ0n) is 24.9. The third-order valence-corrected chi connectivity index (χ3v) is 7.67. The van der Waals surface area contributed by atoms with E-state index in [1.807, 2.05) is 23.5 Å². The maximum absolute atomic E-state index is 15.0. The minimum Gasteiger partial charge on any atom is -0.388 e. The fraction of sp³-hybridized carbons (Fsp3) is 0.367. The molecule has 1 saturated carbocycles. The molecule has 4 heterocycles. The fourth-order valence-electron chi connectivity index (χ4n) is 5.70. The molecule has 13 heteroatoms. The van der Waals surface area contributed by atoms with E-state index in [1.165, 1.54) is 9.58 Å². The number of imidazole rings is 1. The average Bonchev–Trinajstić information content (AvgIpc) is 3.79. The Bertz CT molecular complexity index is 1800. The summed E-state index contributed by atoms with van der Waals surface area (Å²) in [7, 11) is 8.25. The smallest absolute Gasteiger partial charge is 0.329 e. The van der Waals surface area contributed by atoms with Crippen LogP contribution in [0.3, 0.4) is 0 Å². The number of nitrogens with zero attached hydrogens (tertiary/aromatic N) is 6. The summed E-state index contributed by atoms with van der Waals surface area (Å²) in [4.78, 5) is 42.8. The van der Waals surface area contributed by atoms with E-state index in [9.17, 15) is 14.7 Å². The summed E-state index contributed by atoms with van der Waals surface area (Å²) in [6.07, 6.45) is 7.27. The SMILES string of the molecule is C=O.CN(C(=O)CO)c1ccc(-c2c(-c3cn(C)nc3F)[nH]c3ncc4c(c23)n(C2CCCC2)c(=O)n4C)cc1.COC. The minimum absolute atomic E-state index is 0.0821. The lowest BCUT2D eigenvalue weighted by Gasteiger charge is -2.16. The number of aromatic nitrogens is 6. The molecule has 0 aliphatic heterocycles. The van der Waals surface area contributed by atoms with Gasteiger partial charge in [-0.1, -0.05) is 25.0 Å². The van der Waals surface area contributed by atoms with Gasteiger partial charge in [0.05, 0.1) is 33.9 Å². The number of amides is 1. The van der Waals surface area contributed by atoms with Crippen LogP contribution in [0.15, 0.2) is 41.5 Å². The third-order valence-electron chi connectivity index (χ3n) is 7.67. The molecule has 1 aromatic carbocycles. The molecule has 1 amide bonds. The molecule has 5 aromatic rings. The van der Waals surface area contributed by atoms with Crippen LogP contribution in [-0.2, 0) is 28.4 Å². The number of methoxy groups -OCH3 is 1. The molecular weight excluding hydrogens is 557 g/mol. The summed E-state index contributed by atoms with van der Waals surface area (Å²) >= 11 is 0. The zero-order chi connectivity index (χ0) is 31.4. The van der Waals surface area contributed by atoms with E-state index in [-0.39, 0.29) is 17.3 Å². The molecule has 0 saturated heterocycles. The average molecular weight is 594 g/mol. The summed E-state index contributed by atoms with van der Waals surface area (Å²) in [5.41, 5.74) is 4.78. The number of aryl methyl sites for hydroxylation is 2. The highest BCUT2D eigenvalue weighted by Crippen LogP contribution is 2.43. The molecule has 43 heavy (non-hydrogen) atoms. The van der Waals surface area contributed by atoms with Gasteiger partial charge >= 0.3 is 5.69 Å². The second-order valence-electron chi connectivity index (χ2n) is 10.3. The zero-order valence-corrected chi connectivity index (χ0v) is 24.9. The van der Waals surface area contributed by atoms with Crippen molar-refractivity contribution in [3.05, 3.63) is 53.1 Å². The molecule has 0 spiro atoms. The van der Waals surface area contributed by atoms with Crippen LogP contribution in [0.4, 0.5) is 10.1 Å². The van der Waals surface area contributed by atoms with Gasteiger partial charge in [-0.15, -0.1) is 5.10 Å². The molecule has 228 valence electrons. The Morgan fingerprint density at radius 3 is 2.37 bits per heavy atom. The number of halogens is 1. The van der Waals surface area contributed by atoms with Crippen molar-refractivity contribution in [2.75, 3.05) is 32.8 Å². The van der Waals surface area contributed by atoms with E-state index in [0.717, 1.165) is 42.1 Å². The van der Waals surface area contributed by atoms with Gasteiger partial charge in [0, 0.05) is 58.9 Å². The van der Waals surface area contributed by atoms with Crippen LogP contribution < -0.4 is 10.6 Å². The topological polar surface area (TPSA) is 140 Å². The molecule has 6 rings (SSSR count). The number of carbonyl (C=O) groups excluding carboxylic acids is 2. The number of anilines is 1. The van der Waals surface area contributed by atoms with Crippen LogP contribution in [-0.4, -0.2) is 74.6 Å². The second kappa shape index (κ2) is 13.1. The highest BCUT2D eigenvalue weighted by atomic mass is 19.1. The number of hydrogen-bond acceptors (Lipinski definition) is 7. The number of aliphatic hydroxyl groups excluding tert-OH is 1. The number of fused-ring (bicyclic) bond motifs is 3. The molecule has 0 atom stereocenters. The highest BCUT2D eigenvalue weighted by molar-refractivity contribution is 6.14. The Labute approximate surface area is 247 Å². The number of aliphatic hydroxyl groups is 1. The van der Waals surface area contributed by atoms with Crippen LogP contribution >= 0.6 is 0 Å². The third kappa shape index (κ3) is 5.60. The van der Waals surface area contributed by atoms with Gasteiger partial charge in [-0.2, -0.15) is 4.39 Å². The predicted molar refractivity (Wildman–Crippen MR) is 162 cm³/mol. The summed E-state index contributed by atoms with van der Waals surface area (Å²) in [6.45, 7) is 1.40. The Morgan fingerprint density at radius 1 is 1.19 bits per heavy atom. The van der Waals surface area contributed by atoms with E-state index in [1.54, 1.807) is 64.5 Å². The molecule has 1 fully saturated rings. The van der Waals surface area contributed by atoms with Crippen LogP contribution in [0.1, 0.15) is 31.7 Å². The van der Waals surface area contributed by atoms with Gasteiger partial charge in [0.2, 0.25) is 5.95 Å². The van der Waals surface area contributed by atoms with Gasteiger partial charge in [-0.3, -0.25) is 18.6 Å². The monoisotopic (exact) mass is 593 g/mol. The Kier molecular flexibility index (Phi) is 9.56. The van der Waals surface area contributed by atoms with Gasteiger partial charge < -0.3 is 24.5 Å². The Balaban J connectivity index is 0.000000798. The summed E-state index contributed by atoms with van der Waals surface area (Å²) in [6, 6.07) is 7.31. The number of carbonyl (C=O) groups is 2. The lowest BCUT2D eigenvalue weighted by atomic mass is 9.99. The number of rotatable bonds is 5. The fourth-order valence-corrected chi connectivity index (χ4v) is 5.70. The molecule has 0 bridgehead atoms. The number of aromatic amines is 1. The standard InChI is InChI=1S/C27H28FN7O3.C2H6O.CH2O/c1-32-13-18(25(28)31-32)23-21(15-8-10-16(11-9-15)33(2)20(37)14-36)22-24-19(12-29-26(22)30-23)34(3)27(38)35(24)17-6-4-5-7-17;1-3-2;1-2/h8-13,17,36H,4-7,14H2,1-3H3,(H,29,30);1-2H3;1H2. The van der Waals surface area contributed by atoms with Crippen molar-refractivity contribution in [2.45, 2.75) is 31.7 Å². The van der Waals surface area contributed by atoms with Crippen LogP contribution in [0.5, 0.6) is 0 Å². The molecule has 0 radical (unpaired) electrons. The maximum Gasteiger partial charge on any atom is 0.329 e. The van der Waals surface area contributed by atoms with Crippen molar-refractivity contribution < 1.29 is 23.8 Å². The highest BCUT2D eigenvalue weighted by Gasteiger charge is 2.28. The van der Waals surface area contributed by atoms with Crippen molar-refractivity contribution in [3.8, 4) is 22.4 Å². The van der Waals surface area contributed by atoms with E-state index in [4.69, 9.17) is 4.79 Å². The first-order valence-corrected chi connectivity index (χ1v) is 13.7. The van der Waals surface area contributed by atoms with Gasteiger partial charge in [-0.25, -0.2) is 9.78 Å². The number of H-pyrrole nitrogens is 1. The van der Waals surface area contributed by atoms with E-state index < -0.39 is 18.5 Å². The maximum atomic E-state index is 15.0. The lowest BCUT2D eigenvalue weighted by Crippen LogP contribution is -2.28. The van der Waals surface area contributed by atoms with Crippen LogP contribution in [0.2, 0.25) is 0 Å². The van der Waals surface area contributed by atoms with Gasteiger partial charge in [0.1, 0.15) is 19.0 Å². The van der Waals surface area contributed by atoms with E-state index in [2.05, 4.69) is 19.8 Å². The molecule has 0 unspecified atom stereocenters. The number of benzene rings is 1. The van der Waals surface area contributed by atoms with Crippen LogP contribution in [0, 0.1) is 5.95 Å². The second-order valence-corrected chi connectivity index (χ2v) is 10.3. The summed E-state index contributed by atoms with van der Waals surface area (Å²) in [5.74, 6) is -1.05. The first-order valence-electron chi connectivity index (χ1n) is 13.7.